The molecule has 0 radical (unpaired) electrons. The third-order valence-corrected chi connectivity index (χ3v) is 6.37. The number of thiazole rings is 1. The lowest BCUT2D eigenvalue weighted by molar-refractivity contribution is -0.113. The van der Waals surface area contributed by atoms with Gasteiger partial charge >= 0.3 is 0 Å². The van der Waals surface area contributed by atoms with Gasteiger partial charge in [-0.1, -0.05) is 18.7 Å². The first kappa shape index (κ1) is 18.1. The molecular weight excluding hydrogens is 374 g/mol. The summed E-state index contributed by atoms with van der Waals surface area (Å²) in [6, 6.07) is 0. The van der Waals surface area contributed by atoms with Gasteiger partial charge in [0.25, 0.3) is 0 Å². The molecule has 1 amide bonds. The molecule has 0 fully saturated rings. The van der Waals surface area contributed by atoms with Crippen molar-refractivity contribution in [2.45, 2.75) is 38.9 Å². The highest BCUT2D eigenvalue weighted by molar-refractivity contribution is 7.99. The highest BCUT2D eigenvalue weighted by Gasteiger charge is 2.18. The van der Waals surface area contributed by atoms with E-state index in [2.05, 4.69) is 51.2 Å². The molecule has 0 bridgehead atoms. The van der Waals surface area contributed by atoms with Crippen LogP contribution in [0.4, 0.5) is 5.13 Å². The number of nitrogens with one attached hydrogen (secondary N) is 1. The van der Waals surface area contributed by atoms with Gasteiger partial charge in [-0.3, -0.25) is 4.79 Å². The van der Waals surface area contributed by atoms with Crippen molar-refractivity contribution in [3.8, 4) is 11.4 Å². The van der Waals surface area contributed by atoms with Gasteiger partial charge in [0.15, 0.2) is 16.1 Å². The fourth-order valence-corrected chi connectivity index (χ4v) is 4.50. The van der Waals surface area contributed by atoms with Gasteiger partial charge < -0.3 is 9.88 Å². The van der Waals surface area contributed by atoms with Crippen molar-refractivity contribution in [1.29, 1.82) is 0 Å². The standard InChI is InChI=1S/C16H19N5OS3/c1-4-6-21-14(12-8-24-11(3)10(12)2)19-20-16(21)25-9-13(22)18-15-17-5-7-23-15/h5,7-8H,4,6,9H2,1-3H3,(H,17,18,22). The molecule has 0 atom stereocenters. The molecule has 9 heteroatoms. The molecular formula is C16H19N5OS3. The Bertz CT molecular complexity index is 853. The molecule has 6 nitrogen and oxygen atoms in total. The number of anilines is 1. The highest BCUT2D eigenvalue weighted by atomic mass is 32.2. The summed E-state index contributed by atoms with van der Waals surface area (Å²) in [5.74, 6) is 1.07. The molecule has 0 unspecified atom stereocenters. The van der Waals surface area contributed by atoms with Crippen LogP contribution in [0.1, 0.15) is 23.8 Å². The number of aromatic nitrogens is 4. The molecule has 1 N–H and O–H groups in total. The fourth-order valence-electron chi connectivity index (χ4n) is 2.32. The third-order valence-electron chi connectivity index (χ3n) is 3.70. The van der Waals surface area contributed by atoms with E-state index in [9.17, 15) is 4.79 Å². The number of aryl methyl sites for hydroxylation is 1. The molecule has 25 heavy (non-hydrogen) atoms. The van der Waals surface area contributed by atoms with Crippen LogP contribution in [-0.4, -0.2) is 31.4 Å². The largest absolute Gasteiger partial charge is 0.302 e. The van der Waals surface area contributed by atoms with E-state index in [1.54, 1.807) is 17.5 Å². The Morgan fingerprint density at radius 3 is 2.80 bits per heavy atom. The third kappa shape index (κ3) is 4.10. The molecule has 3 rings (SSSR count). The van der Waals surface area contributed by atoms with Crippen LogP contribution in [0.2, 0.25) is 0 Å². The Kier molecular flexibility index (Phi) is 5.87. The summed E-state index contributed by atoms with van der Waals surface area (Å²) in [4.78, 5) is 17.4. The Morgan fingerprint density at radius 1 is 1.32 bits per heavy atom. The maximum Gasteiger partial charge on any atom is 0.236 e. The van der Waals surface area contributed by atoms with E-state index in [-0.39, 0.29) is 11.7 Å². The minimum Gasteiger partial charge on any atom is -0.302 e. The van der Waals surface area contributed by atoms with E-state index in [0.717, 1.165) is 29.5 Å². The molecule has 132 valence electrons. The number of thiophene rings is 1. The molecule has 3 aromatic heterocycles. The zero-order valence-corrected chi connectivity index (χ0v) is 16.7. The average Bonchev–Trinajstić information content (AvgIpc) is 3.30. The lowest BCUT2D eigenvalue weighted by atomic mass is 10.1. The van der Waals surface area contributed by atoms with Gasteiger partial charge in [-0.15, -0.1) is 32.9 Å². The van der Waals surface area contributed by atoms with Crippen LogP contribution in [0.25, 0.3) is 11.4 Å². The Morgan fingerprint density at radius 2 is 2.16 bits per heavy atom. The highest BCUT2D eigenvalue weighted by Crippen LogP contribution is 2.31. The Labute approximate surface area is 158 Å². The fraction of sp³-hybridized carbons (Fsp3) is 0.375. The average molecular weight is 394 g/mol. The van der Waals surface area contributed by atoms with Gasteiger partial charge in [0, 0.05) is 33.9 Å². The maximum absolute atomic E-state index is 12.1. The van der Waals surface area contributed by atoms with E-state index in [4.69, 9.17) is 0 Å². The quantitative estimate of drug-likeness (QED) is 0.609. The maximum atomic E-state index is 12.1. The molecule has 0 aliphatic heterocycles. The van der Waals surface area contributed by atoms with Crippen molar-refractivity contribution >= 4 is 45.5 Å². The summed E-state index contributed by atoms with van der Waals surface area (Å²) in [5.41, 5.74) is 2.37. The minimum absolute atomic E-state index is 0.0879. The molecule has 0 saturated carbocycles. The summed E-state index contributed by atoms with van der Waals surface area (Å²) < 4.78 is 2.11. The van der Waals surface area contributed by atoms with Crippen LogP contribution in [0, 0.1) is 13.8 Å². The number of hydrogen-bond donors (Lipinski definition) is 1. The summed E-state index contributed by atoms with van der Waals surface area (Å²) in [5, 5.41) is 16.8. The van der Waals surface area contributed by atoms with Crippen LogP contribution in [0.5, 0.6) is 0 Å². The predicted molar refractivity (Wildman–Crippen MR) is 105 cm³/mol. The minimum atomic E-state index is -0.0879. The van der Waals surface area contributed by atoms with E-state index >= 15 is 0 Å². The van der Waals surface area contributed by atoms with Gasteiger partial charge in [-0.25, -0.2) is 4.98 Å². The molecule has 3 aromatic rings. The first-order valence-corrected chi connectivity index (χ1v) is 10.6. The smallest absolute Gasteiger partial charge is 0.236 e. The Balaban J connectivity index is 1.75. The number of nitrogens with zero attached hydrogens (tertiary/aromatic N) is 4. The molecule has 0 aliphatic carbocycles. The van der Waals surface area contributed by atoms with E-state index in [1.807, 2.05) is 5.38 Å². The summed E-state index contributed by atoms with van der Waals surface area (Å²) in [6.07, 6.45) is 2.65. The van der Waals surface area contributed by atoms with Crippen molar-refractivity contribution in [1.82, 2.24) is 19.7 Å². The SMILES string of the molecule is CCCn1c(SCC(=O)Nc2nccs2)nnc1-c1csc(C)c1C. The summed E-state index contributed by atoms with van der Waals surface area (Å²) in [7, 11) is 0. The lowest BCUT2D eigenvalue weighted by Gasteiger charge is -2.08. The second kappa shape index (κ2) is 8.11. The van der Waals surface area contributed by atoms with E-state index in [0.29, 0.717) is 5.13 Å². The van der Waals surface area contributed by atoms with Gasteiger partial charge in [0.05, 0.1) is 5.75 Å². The number of carbonyl (C=O) groups is 1. The zero-order valence-electron chi connectivity index (χ0n) is 14.3. The van der Waals surface area contributed by atoms with Crippen molar-refractivity contribution in [2.24, 2.45) is 0 Å². The van der Waals surface area contributed by atoms with E-state index in [1.165, 1.54) is 33.5 Å². The topological polar surface area (TPSA) is 72.7 Å². The van der Waals surface area contributed by atoms with Crippen LogP contribution in [-0.2, 0) is 11.3 Å². The van der Waals surface area contributed by atoms with Crippen LogP contribution < -0.4 is 5.32 Å². The monoisotopic (exact) mass is 393 g/mol. The van der Waals surface area contributed by atoms with Crippen molar-refractivity contribution < 1.29 is 4.79 Å². The first-order chi connectivity index (χ1) is 12.1. The predicted octanol–water partition coefficient (Wildman–Crippen LogP) is 4.22. The van der Waals surface area contributed by atoms with Gasteiger partial charge in [-0.05, 0) is 25.8 Å². The van der Waals surface area contributed by atoms with Crippen molar-refractivity contribution in [3.05, 3.63) is 27.4 Å². The van der Waals surface area contributed by atoms with Gasteiger partial charge in [0.2, 0.25) is 5.91 Å². The number of carbonyl (C=O) groups excluding carboxylic acids is 1. The van der Waals surface area contributed by atoms with E-state index < -0.39 is 0 Å². The molecule has 3 heterocycles. The second-order valence-electron chi connectivity index (χ2n) is 5.46. The molecule has 0 aromatic carbocycles. The van der Waals surface area contributed by atoms with Gasteiger partial charge in [-0.2, -0.15) is 0 Å². The first-order valence-electron chi connectivity index (χ1n) is 7.90. The second-order valence-corrected chi connectivity index (χ2v) is 8.38. The van der Waals surface area contributed by atoms with Crippen LogP contribution >= 0.6 is 34.4 Å². The molecule has 0 aliphatic rings. The molecule has 0 spiro atoms. The van der Waals surface area contributed by atoms with Crippen LogP contribution in [0.3, 0.4) is 0 Å². The summed E-state index contributed by atoms with van der Waals surface area (Å²) >= 11 is 4.53. The van der Waals surface area contributed by atoms with Crippen molar-refractivity contribution in [2.75, 3.05) is 11.1 Å². The number of amides is 1. The number of rotatable bonds is 7. The van der Waals surface area contributed by atoms with Gasteiger partial charge in [0.1, 0.15) is 0 Å². The Hall–Kier alpha value is -1.71. The number of thioether (sulfide) groups is 1. The number of hydrogen-bond acceptors (Lipinski definition) is 7. The molecule has 0 saturated heterocycles. The normalized spacial score (nSPS) is 11.0. The summed E-state index contributed by atoms with van der Waals surface area (Å²) in [6.45, 7) is 7.18. The van der Waals surface area contributed by atoms with Crippen molar-refractivity contribution in [3.63, 3.8) is 0 Å². The van der Waals surface area contributed by atoms with Crippen LogP contribution in [0.15, 0.2) is 22.1 Å². The zero-order chi connectivity index (χ0) is 17.8. The lowest BCUT2D eigenvalue weighted by Crippen LogP contribution is -2.14.